The molecule has 2 aromatic rings. The Morgan fingerprint density at radius 3 is 2.60 bits per heavy atom. The molecular formula is C23H27N3O4. The summed E-state index contributed by atoms with van der Waals surface area (Å²) < 4.78 is 11.2. The summed E-state index contributed by atoms with van der Waals surface area (Å²) in [5.41, 5.74) is 2.98. The third-order valence-corrected chi connectivity index (χ3v) is 5.53. The number of fused-ring (bicyclic) bond motifs is 1. The summed E-state index contributed by atoms with van der Waals surface area (Å²) in [5, 5.41) is 0. The minimum Gasteiger partial charge on any atom is -0.491 e. The number of hydrogen-bond acceptors (Lipinski definition) is 5. The predicted molar refractivity (Wildman–Crippen MR) is 111 cm³/mol. The van der Waals surface area contributed by atoms with Crippen molar-refractivity contribution in [2.45, 2.75) is 25.8 Å². The smallest absolute Gasteiger partial charge is 0.227 e. The quantitative estimate of drug-likeness (QED) is 0.754. The lowest BCUT2D eigenvalue weighted by atomic mass is 10.0. The van der Waals surface area contributed by atoms with E-state index in [1.807, 2.05) is 34.1 Å². The minimum atomic E-state index is 0.0624. The van der Waals surface area contributed by atoms with E-state index >= 15 is 0 Å². The molecule has 1 saturated heterocycles. The van der Waals surface area contributed by atoms with Crippen LogP contribution >= 0.6 is 0 Å². The van der Waals surface area contributed by atoms with Crippen LogP contribution in [0.15, 0.2) is 42.7 Å². The number of morpholine rings is 1. The number of carbonyl (C=O) groups excluding carboxylic acids is 2. The summed E-state index contributed by atoms with van der Waals surface area (Å²) in [6.45, 7) is 4.12. The molecule has 0 saturated carbocycles. The average molecular weight is 409 g/mol. The zero-order chi connectivity index (χ0) is 20.8. The highest BCUT2D eigenvalue weighted by Gasteiger charge is 2.21. The number of benzene rings is 1. The fourth-order valence-corrected chi connectivity index (χ4v) is 3.83. The van der Waals surface area contributed by atoms with Crippen LogP contribution in [-0.2, 0) is 33.7 Å². The van der Waals surface area contributed by atoms with Crippen LogP contribution in [0.1, 0.15) is 23.1 Å². The summed E-state index contributed by atoms with van der Waals surface area (Å²) in [7, 11) is 0. The minimum absolute atomic E-state index is 0.0624. The molecule has 7 heteroatoms. The van der Waals surface area contributed by atoms with E-state index in [-0.39, 0.29) is 11.8 Å². The molecule has 0 atom stereocenters. The van der Waals surface area contributed by atoms with Crippen molar-refractivity contribution in [3.8, 4) is 5.75 Å². The first kappa shape index (κ1) is 20.3. The Kier molecular flexibility index (Phi) is 6.59. The van der Waals surface area contributed by atoms with Gasteiger partial charge in [-0.05, 0) is 29.7 Å². The van der Waals surface area contributed by atoms with Crippen LogP contribution in [0, 0.1) is 0 Å². The third-order valence-electron chi connectivity index (χ3n) is 5.53. The van der Waals surface area contributed by atoms with E-state index in [9.17, 15) is 9.59 Å². The van der Waals surface area contributed by atoms with Gasteiger partial charge in [0.2, 0.25) is 11.8 Å². The third kappa shape index (κ3) is 5.16. The van der Waals surface area contributed by atoms with E-state index in [2.05, 4.69) is 11.1 Å². The van der Waals surface area contributed by atoms with Gasteiger partial charge in [0.25, 0.3) is 0 Å². The summed E-state index contributed by atoms with van der Waals surface area (Å²) >= 11 is 0. The van der Waals surface area contributed by atoms with Crippen LogP contribution in [0.5, 0.6) is 5.75 Å². The molecule has 3 heterocycles. The van der Waals surface area contributed by atoms with Gasteiger partial charge in [0.1, 0.15) is 12.4 Å². The van der Waals surface area contributed by atoms with E-state index in [1.165, 1.54) is 0 Å². The molecule has 2 aliphatic heterocycles. The van der Waals surface area contributed by atoms with E-state index in [0.29, 0.717) is 65.3 Å². The topological polar surface area (TPSA) is 72.0 Å². The van der Waals surface area contributed by atoms with Gasteiger partial charge in [0.05, 0.1) is 26.2 Å². The molecule has 7 nitrogen and oxygen atoms in total. The Morgan fingerprint density at radius 2 is 1.80 bits per heavy atom. The average Bonchev–Trinajstić information content (AvgIpc) is 3.01. The zero-order valence-corrected chi connectivity index (χ0v) is 17.1. The molecule has 30 heavy (non-hydrogen) atoms. The normalized spacial score (nSPS) is 16.4. The number of hydrogen-bond donors (Lipinski definition) is 0. The lowest BCUT2D eigenvalue weighted by Gasteiger charge is -2.26. The second-order valence-electron chi connectivity index (χ2n) is 7.64. The Balaban J connectivity index is 1.38. The lowest BCUT2D eigenvalue weighted by molar-refractivity contribution is -0.135. The number of pyridine rings is 1. The Morgan fingerprint density at radius 1 is 0.967 bits per heavy atom. The van der Waals surface area contributed by atoms with Gasteiger partial charge in [-0.3, -0.25) is 14.6 Å². The van der Waals surface area contributed by atoms with Crippen molar-refractivity contribution in [3.63, 3.8) is 0 Å². The molecule has 0 unspecified atom stereocenters. The second kappa shape index (κ2) is 9.71. The van der Waals surface area contributed by atoms with E-state index < -0.39 is 0 Å². The highest BCUT2D eigenvalue weighted by molar-refractivity contribution is 5.79. The maximum Gasteiger partial charge on any atom is 0.227 e. The fraction of sp³-hybridized carbons (Fsp3) is 0.435. The predicted octanol–water partition coefficient (Wildman–Crippen LogP) is 1.84. The van der Waals surface area contributed by atoms with Crippen molar-refractivity contribution in [1.82, 2.24) is 14.8 Å². The molecule has 2 amide bonds. The molecule has 0 spiro atoms. The molecule has 1 aromatic carbocycles. The van der Waals surface area contributed by atoms with Gasteiger partial charge in [0.15, 0.2) is 0 Å². The molecule has 1 fully saturated rings. The lowest BCUT2D eigenvalue weighted by Crippen LogP contribution is -2.40. The van der Waals surface area contributed by atoms with Gasteiger partial charge < -0.3 is 19.3 Å². The van der Waals surface area contributed by atoms with Crippen LogP contribution < -0.4 is 4.74 Å². The molecule has 0 bridgehead atoms. The van der Waals surface area contributed by atoms with Crippen LogP contribution in [0.4, 0.5) is 0 Å². The number of nitrogens with zero attached hydrogens (tertiary/aromatic N) is 3. The monoisotopic (exact) mass is 409 g/mol. The fourth-order valence-electron chi connectivity index (χ4n) is 3.83. The Bertz CT molecular complexity index is 881. The molecule has 0 aliphatic carbocycles. The number of amides is 2. The number of rotatable bonds is 5. The first-order valence-corrected chi connectivity index (χ1v) is 10.5. The molecule has 1 aromatic heterocycles. The summed E-state index contributed by atoms with van der Waals surface area (Å²) in [6.07, 6.45) is 4.91. The van der Waals surface area contributed by atoms with Crippen molar-refractivity contribution in [2.24, 2.45) is 0 Å². The van der Waals surface area contributed by atoms with Crippen molar-refractivity contribution in [2.75, 3.05) is 39.5 Å². The molecule has 4 rings (SSSR count). The number of ether oxygens (including phenoxy) is 2. The number of aryl methyl sites for hydroxylation is 1. The maximum atomic E-state index is 12.8. The molecule has 158 valence electrons. The van der Waals surface area contributed by atoms with Gasteiger partial charge in [-0.15, -0.1) is 0 Å². The van der Waals surface area contributed by atoms with Crippen molar-refractivity contribution >= 4 is 11.8 Å². The number of carbonyl (C=O) groups is 2. The highest BCUT2D eigenvalue weighted by atomic mass is 16.5. The SMILES string of the molecule is O=C(CCc1ccc2c(c1)CN(C(=O)Cc1cccnc1)CCO2)N1CCOCC1. The van der Waals surface area contributed by atoms with Crippen LogP contribution in [0.2, 0.25) is 0 Å². The highest BCUT2D eigenvalue weighted by Crippen LogP contribution is 2.25. The van der Waals surface area contributed by atoms with Crippen LogP contribution in [0.25, 0.3) is 0 Å². The summed E-state index contributed by atoms with van der Waals surface area (Å²) in [4.78, 5) is 33.0. The van der Waals surface area contributed by atoms with Gasteiger partial charge in [-0.1, -0.05) is 18.2 Å². The van der Waals surface area contributed by atoms with E-state index in [0.717, 1.165) is 22.4 Å². The molecular weight excluding hydrogens is 382 g/mol. The van der Waals surface area contributed by atoms with Crippen molar-refractivity contribution < 1.29 is 19.1 Å². The van der Waals surface area contributed by atoms with Crippen LogP contribution in [0.3, 0.4) is 0 Å². The van der Waals surface area contributed by atoms with Gasteiger partial charge >= 0.3 is 0 Å². The number of aromatic nitrogens is 1. The zero-order valence-electron chi connectivity index (χ0n) is 17.1. The molecule has 0 radical (unpaired) electrons. The summed E-state index contributed by atoms with van der Waals surface area (Å²) in [6, 6.07) is 9.79. The van der Waals surface area contributed by atoms with E-state index in [4.69, 9.17) is 9.47 Å². The Hall–Kier alpha value is -2.93. The van der Waals surface area contributed by atoms with Crippen molar-refractivity contribution in [1.29, 1.82) is 0 Å². The van der Waals surface area contributed by atoms with E-state index in [1.54, 1.807) is 12.4 Å². The van der Waals surface area contributed by atoms with Gasteiger partial charge in [0, 0.05) is 44.0 Å². The Labute approximate surface area is 176 Å². The van der Waals surface area contributed by atoms with Gasteiger partial charge in [-0.2, -0.15) is 0 Å². The van der Waals surface area contributed by atoms with Gasteiger partial charge in [-0.25, -0.2) is 0 Å². The first-order chi connectivity index (χ1) is 14.7. The standard InChI is InChI=1S/C23H27N3O4/c27-22(25-8-11-29-12-9-25)6-4-18-3-5-21-20(14-18)17-26(10-13-30-21)23(28)15-19-2-1-7-24-16-19/h1-3,5,7,14,16H,4,6,8-13,15,17H2. The second-order valence-corrected chi connectivity index (χ2v) is 7.64. The summed E-state index contributed by atoms with van der Waals surface area (Å²) in [5.74, 6) is 1.04. The first-order valence-electron chi connectivity index (χ1n) is 10.5. The van der Waals surface area contributed by atoms with Crippen LogP contribution in [-0.4, -0.2) is 66.1 Å². The largest absolute Gasteiger partial charge is 0.491 e. The maximum absolute atomic E-state index is 12.8. The van der Waals surface area contributed by atoms with Crippen molar-refractivity contribution in [3.05, 3.63) is 59.4 Å². The molecule has 0 N–H and O–H groups in total. The molecule has 2 aliphatic rings.